The first-order valence-corrected chi connectivity index (χ1v) is 9.82. The maximum absolute atomic E-state index is 13.5. The van der Waals surface area contributed by atoms with Gasteiger partial charge in [-0.05, 0) is 31.2 Å². The number of amides is 2. The normalized spacial score (nSPS) is 15.5. The van der Waals surface area contributed by atoms with Gasteiger partial charge in [0.25, 0.3) is 0 Å². The maximum atomic E-state index is 13.5. The molecular weight excluding hydrogens is 399 g/mol. The van der Waals surface area contributed by atoms with E-state index in [0.717, 1.165) is 22.5 Å². The van der Waals surface area contributed by atoms with Gasteiger partial charge >= 0.3 is 6.03 Å². The zero-order chi connectivity index (χ0) is 21.4. The molecule has 0 radical (unpaired) electrons. The number of urea groups is 1. The average Bonchev–Trinajstić information content (AvgIpc) is 3.42. The molecule has 1 atom stereocenters. The van der Waals surface area contributed by atoms with Crippen LogP contribution in [0.15, 0.2) is 59.4 Å². The number of hydrogen-bond acceptors (Lipinski definition) is 5. The van der Waals surface area contributed by atoms with Gasteiger partial charge in [0.15, 0.2) is 0 Å². The Morgan fingerprint density at radius 3 is 2.97 bits per heavy atom. The van der Waals surface area contributed by atoms with E-state index >= 15 is 0 Å². The van der Waals surface area contributed by atoms with Crippen molar-refractivity contribution in [3.05, 3.63) is 83.5 Å². The number of rotatable bonds is 3. The van der Waals surface area contributed by atoms with Gasteiger partial charge in [0.2, 0.25) is 11.7 Å². The van der Waals surface area contributed by atoms with Crippen LogP contribution in [0.2, 0.25) is 0 Å². The Morgan fingerprint density at radius 2 is 2.13 bits per heavy atom. The lowest BCUT2D eigenvalue weighted by molar-refractivity contribution is 0.155. The van der Waals surface area contributed by atoms with Gasteiger partial charge in [-0.15, -0.1) is 0 Å². The molecule has 0 spiro atoms. The van der Waals surface area contributed by atoms with Gasteiger partial charge in [0, 0.05) is 17.7 Å². The second-order valence-corrected chi connectivity index (χ2v) is 7.44. The van der Waals surface area contributed by atoms with Crippen molar-refractivity contribution >= 4 is 11.7 Å². The number of H-pyrrole nitrogens is 1. The molecule has 3 heterocycles. The predicted molar refractivity (Wildman–Crippen MR) is 110 cm³/mol. The molecule has 156 valence electrons. The van der Waals surface area contributed by atoms with E-state index < -0.39 is 17.9 Å². The van der Waals surface area contributed by atoms with Crippen molar-refractivity contribution in [1.82, 2.24) is 25.0 Å². The molecule has 0 unspecified atom stereocenters. The first-order chi connectivity index (χ1) is 15.1. The number of aromatic nitrogens is 4. The highest BCUT2D eigenvalue weighted by Crippen LogP contribution is 2.32. The summed E-state index contributed by atoms with van der Waals surface area (Å²) in [7, 11) is 0. The maximum Gasteiger partial charge on any atom is 0.322 e. The number of nitrogens with zero attached hydrogens (tertiary/aromatic N) is 4. The Balaban J connectivity index is 1.46. The molecule has 0 aliphatic carbocycles. The molecule has 1 aliphatic rings. The van der Waals surface area contributed by atoms with Crippen molar-refractivity contribution in [3.63, 3.8) is 0 Å². The molecule has 5 rings (SSSR count). The van der Waals surface area contributed by atoms with Gasteiger partial charge in [-0.2, -0.15) is 4.98 Å². The van der Waals surface area contributed by atoms with Crippen LogP contribution in [0.1, 0.15) is 28.9 Å². The van der Waals surface area contributed by atoms with Gasteiger partial charge < -0.3 is 19.7 Å². The van der Waals surface area contributed by atoms with Crippen LogP contribution in [0, 0.1) is 12.7 Å². The van der Waals surface area contributed by atoms with Crippen molar-refractivity contribution in [1.29, 1.82) is 0 Å². The number of carbonyl (C=O) groups excluding carboxylic acids is 1. The third-order valence-electron chi connectivity index (χ3n) is 5.24. The van der Waals surface area contributed by atoms with E-state index in [0.29, 0.717) is 23.8 Å². The molecule has 0 saturated carbocycles. The second-order valence-electron chi connectivity index (χ2n) is 7.44. The summed E-state index contributed by atoms with van der Waals surface area (Å²) in [6.07, 6.45) is 2.02. The first-order valence-electron chi connectivity index (χ1n) is 9.82. The number of aryl methyl sites for hydroxylation is 1. The molecular formula is C22H19FN6O2. The van der Waals surface area contributed by atoms with Gasteiger partial charge in [-0.3, -0.25) is 0 Å². The zero-order valence-electron chi connectivity index (χ0n) is 16.7. The lowest BCUT2D eigenvalue weighted by atomic mass is 10.0. The number of hydrogen-bond donors (Lipinski definition) is 2. The molecule has 4 aromatic rings. The largest absolute Gasteiger partial charge is 0.347 e. The Hall–Kier alpha value is -4.01. The fourth-order valence-electron chi connectivity index (χ4n) is 3.70. The summed E-state index contributed by atoms with van der Waals surface area (Å²) in [5.74, 6) is 0.347. The van der Waals surface area contributed by atoms with Gasteiger partial charge in [0.05, 0.1) is 24.3 Å². The zero-order valence-corrected chi connectivity index (χ0v) is 16.7. The highest BCUT2D eigenvalue weighted by Gasteiger charge is 2.36. The van der Waals surface area contributed by atoms with Crippen LogP contribution in [0.25, 0.3) is 11.4 Å². The summed E-state index contributed by atoms with van der Waals surface area (Å²) in [4.78, 5) is 26.6. The molecule has 1 aliphatic heterocycles. The van der Waals surface area contributed by atoms with Gasteiger partial charge in [0.1, 0.15) is 11.9 Å². The minimum atomic E-state index is -0.504. The van der Waals surface area contributed by atoms with Crippen LogP contribution in [-0.2, 0) is 13.0 Å². The van der Waals surface area contributed by atoms with Gasteiger partial charge in [-0.25, -0.2) is 14.2 Å². The minimum Gasteiger partial charge on any atom is -0.347 e. The number of aromatic amines is 1. The third-order valence-corrected chi connectivity index (χ3v) is 5.24. The first kappa shape index (κ1) is 19.0. The summed E-state index contributed by atoms with van der Waals surface area (Å²) in [6, 6.07) is 12.6. The molecule has 8 nitrogen and oxygen atoms in total. The van der Waals surface area contributed by atoms with E-state index in [2.05, 4.69) is 25.4 Å². The number of benzene rings is 2. The number of halogens is 1. The summed E-state index contributed by atoms with van der Waals surface area (Å²) >= 11 is 0. The van der Waals surface area contributed by atoms with Crippen LogP contribution in [0.4, 0.5) is 14.9 Å². The van der Waals surface area contributed by atoms with Gasteiger partial charge in [-0.1, -0.05) is 35.0 Å². The Kier molecular flexibility index (Phi) is 4.70. The monoisotopic (exact) mass is 418 g/mol. The van der Waals surface area contributed by atoms with Crippen LogP contribution in [-0.4, -0.2) is 31.0 Å². The molecule has 2 N–H and O–H groups in total. The van der Waals surface area contributed by atoms with E-state index in [1.54, 1.807) is 17.3 Å². The summed E-state index contributed by atoms with van der Waals surface area (Å²) in [6.45, 7) is 2.27. The van der Waals surface area contributed by atoms with Crippen LogP contribution in [0.5, 0.6) is 0 Å². The van der Waals surface area contributed by atoms with E-state index in [4.69, 9.17) is 4.52 Å². The van der Waals surface area contributed by atoms with E-state index in [1.807, 2.05) is 31.2 Å². The molecule has 0 fully saturated rings. The number of fused-ring (bicyclic) bond motifs is 1. The second kappa shape index (κ2) is 7.67. The van der Waals surface area contributed by atoms with E-state index in [1.165, 1.54) is 18.2 Å². The molecule has 31 heavy (non-hydrogen) atoms. The molecule has 0 bridgehead atoms. The fraction of sp³-hybridized carbons (Fsp3) is 0.182. The highest BCUT2D eigenvalue weighted by molar-refractivity contribution is 5.89. The SMILES string of the molecule is Cc1cccc(-c2noc([C@@H]3Cc4nc[nH]c4CN3C(=O)Nc3cccc(F)c3)n2)c1. The Bertz CT molecular complexity index is 1250. The molecule has 9 heteroatoms. The summed E-state index contributed by atoms with van der Waals surface area (Å²) in [5.41, 5.74) is 3.96. The standard InChI is InChI=1S/C22H19FN6O2/c1-13-4-2-5-14(8-13)20-27-21(31-28-20)19-10-17-18(25-12-24-17)11-29(19)22(30)26-16-7-3-6-15(23)9-16/h2-9,12,19H,10-11H2,1H3,(H,24,25)(H,26,30)/t19-/m0/s1. The minimum absolute atomic E-state index is 0.281. The van der Waals surface area contributed by atoms with Crippen molar-refractivity contribution < 1.29 is 13.7 Å². The Labute approximate surface area is 177 Å². The summed E-state index contributed by atoms with van der Waals surface area (Å²) < 4.78 is 19.1. The summed E-state index contributed by atoms with van der Waals surface area (Å²) in [5, 5.41) is 6.86. The van der Waals surface area contributed by atoms with Crippen LogP contribution < -0.4 is 5.32 Å². The fourth-order valence-corrected chi connectivity index (χ4v) is 3.70. The van der Waals surface area contributed by atoms with E-state index in [9.17, 15) is 9.18 Å². The number of nitrogens with one attached hydrogen (secondary N) is 2. The lowest BCUT2D eigenvalue weighted by Crippen LogP contribution is -2.41. The van der Waals surface area contributed by atoms with Crippen LogP contribution >= 0.6 is 0 Å². The predicted octanol–water partition coefficient (Wildman–Crippen LogP) is 4.24. The van der Waals surface area contributed by atoms with Crippen LogP contribution in [0.3, 0.4) is 0 Å². The third kappa shape index (κ3) is 3.77. The van der Waals surface area contributed by atoms with E-state index in [-0.39, 0.29) is 6.54 Å². The average molecular weight is 418 g/mol. The van der Waals surface area contributed by atoms with Crippen molar-refractivity contribution in [3.8, 4) is 11.4 Å². The molecule has 2 aromatic heterocycles. The molecule has 2 amide bonds. The molecule has 2 aromatic carbocycles. The molecule has 0 saturated heterocycles. The van der Waals surface area contributed by atoms with Crippen molar-refractivity contribution in [2.75, 3.05) is 5.32 Å². The Morgan fingerprint density at radius 1 is 1.26 bits per heavy atom. The van der Waals surface area contributed by atoms with Crippen molar-refractivity contribution in [2.24, 2.45) is 0 Å². The smallest absolute Gasteiger partial charge is 0.322 e. The number of imidazole rings is 1. The lowest BCUT2D eigenvalue weighted by Gasteiger charge is -2.32. The quantitative estimate of drug-likeness (QED) is 0.518. The van der Waals surface area contributed by atoms with Crippen molar-refractivity contribution in [2.45, 2.75) is 25.9 Å². The highest BCUT2D eigenvalue weighted by atomic mass is 19.1. The number of anilines is 1. The topological polar surface area (TPSA) is 99.9 Å². The number of carbonyl (C=O) groups is 1.